The average Bonchev–Trinajstić information content (AvgIpc) is 2.46. The molecule has 0 aliphatic rings. The van der Waals surface area contributed by atoms with Crippen LogP contribution in [-0.4, -0.2) is 38.5 Å². The van der Waals surface area contributed by atoms with Crippen LogP contribution in [0.2, 0.25) is 0 Å². The highest BCUT2D eigenvalue weighted by Crippen LogP contribution is 2.09. The largest absolute Gasteiger partial charge is 0.337 e. The Balaban J connectivity index is 2.75. The van der Waals surface area contributed by atoms with Crippen LogP contribution in [0.25, 0.3) is 0 Å². The topological polar surface area (TPSA) is 92.5 Å². The van der Waals surface area contributed by atoms with Crippen molar-refractivity contribution in [1.82, 2.24) is 10.2 Å². The second-order valence-electron chi connectivity index (χ2n) is 5.25. The standard InChI is InChI=1S/C15H25N3O3S/c1-4-10-18(11-5-2)12(3)17-15(19)13-6-8-14(9-7-13)22(16,20)21/h6-9,12H,4-5,10-11H2,1-3H3,(H,17,19)(H2,16,20,21). The minimum atomic E-state index is -3.74. The molecule has 7 heteroatoms. The normalized spacial score (nSPS) is 13.1. The molecular weight excluding hydrogens is 302 g/mol. The van der Waals surface area contributed by atoms with E-state index in [1.807, 2.05) is 6.92 Å². The van der Waals surface area contributed by atoms with Crippen LogP contribution in [0.4, 0.5) is 0 Å². The molecule has 0 bridgehead atoms. The van der Waals surface area contributed by atoms with Gasteiger partial charge in [-0.2, -0.15) is 0 Å². The second kappa shape index (κ2) is 8.26. The number of sulfonamides is 1. The number of amides is 1. The molecular formula is C15H25N3O3S. The summed E-state index contributed by atoms with van der Waals surface area (Å²) in [6.45, 7) is 7.98. The Morgan fingerprint density at radius 1 is 1.18 bits per heavy atom. The average molecular weight is 327 g/mol. The highest BCUT2D eigenvalue weighted by atomic mass is 32.2. The van der Waals surface area contributed by atoms with Crippen LogP contribution in [0, 0.1) is 0 Å². The Hall–Kier alpha value is -1.44. The lowest BCUT2D eigenvalue weighted by atomic mass is 10.2. The van der Waals surface area contributed by atoms with E-state index in [-0.39, 0.29) is 17.0 Å². The van der Waals surface area contributed by atoms with E-state index in [0.717, 1.165) is 25.9 Å². The van der Waals surface area contributed by atoms with Crippen molar-refractivity contribution >= 4 is 15.9 Å². The van der Waals surface area contributed by atoms with E-state index >= 15 is 0 Å². The smallest absolute Gasteiger partial charge is 0.252 e. The van der Waals surface area contributed by atoms with Gasteiger partial charge in [-0.1, -0.05) is 13.8 Å². The third-order valence-electron chi connectivity index (χ3n) is 3.35. The molecule has 6 nitrogen and oxygen atoms in total. The third kappa shape index (κ3) is 5.40. The zero-order chi connectivity index (χ0) is 16.8. The number of primary sulfonamides is 1. The van der Waals surface area contributed by atoms with E-state index in [1.165, 1.54) is 24.3 Å². The molecule has 0 aromatic heterocycles. The minimum Gasteiger partial charge on any atom is -0.337 e. The molecule has 0 fully saturated rings. The van der Waals surface area contributed by atoms with Gasteiger partial charge in [-0.3, -0.25) is 9.69 Å². The summed E-state index contributed by atoms with van der Waals surface area (Å²) in [7, 11) is -3.74. The van der Waals surface area contributed by atoms with Gasteiger partial charge in [0.15, 0.2) is 0 Å². The fourth-order valence-electron chi connectivity index (χ4n) is 2.23. The number of nitrogens with two attached hydrogens (primary N) is 1. The van der Waals surface area contributed by atoms with Crippen LogP contribution >= 0.6 is 0 Å². The van der Waals surface area contributed by atoms with E-state index < -0.39 is 10.0 Å². The van der Waals surface area contributed by atoms with E-state index in [4.69, 9.17) is 5.14 Å². The third-order valence-corrected chi connectivity index (χ3v) is 4.28. The van der Waals surface area contributed by atoms with Gasteiger partial charge in [0.1, 0.15) is 0 Å². The molecule has 124 valence electrons. The summed E-state index contributed by atoms with van der Waals surface area (Å²) in [5.41, 5.74) is 0.409. The number of hydrogen-bond acceptors (Lipinski definition) is 4. The van der Waals surface area contributed by atoms with Crippen LogP contribution in [0.1, 0.15) is 44.0 Å². The van der Waals surface area contributed by atoms with Gasteiger partial charge < -0.3 is 5.32 Å². The Labute approximate surface area is 132 Å². The van der Waals surface area contributed by atoms with E-state index in [2.05, 4.69) is 24.1 Å². The molecule has 0 heterocycles. The number of nitrogens with zero attached hydrogens (tertiary/aromatic N) is 1. The highest BCUT2D eigenvalue weighted by Gasteiger charge is 2.16. The molecule has 1 amide bonds. The fourth-order valence-corrected chi connectivity index (χ4v) is 2.75. The first kappa shape index (κ1) is 18.6. The van der Waals surface area contributed by atoms with Gasteiger partial charge in [-0.15, -0.1) is 0 Å². The lowest BCUT2D eigenvalue weighted by molar-refractivity contribution is 0.0864. The molecule has 0 aliphatic heterocycles. The van der Waals surface area contributed by atoms with Crippen molar-refractivity contribution < 1.29 is 13.2 Å². The molecule has 3 N–H and O–H groups in total. The Morgan fingerprint density at radius 3 is 2.09 bits per heavy atom. The van der Waals surface area contributed by atoms with Gasteiger partial charge in [0.2, 0.25) is 10.0 Å². The second-order valence-corrected chi connectivity index (χ2v) is 6.82. The maximum Gasteiger partial charge on any atom is 0.252 e. The minimum absolute atomic E-state index is 0.00399. The van der Waals surface area contributed by atoms with Gasteiger partial charge in [0.25, 0.3) is 5.91 Å². The van der Waals surface area contributed by atoms with Crippen LogP contribution in [0.15, 0.2) is 29.2 Å². The van der Waals surface area contributed by atoms with Gasteiger partial charge in [0.05, 0.1) is 11.1 Å². The first-order chi connectivity index (χ1) is 10.3. The lowest BCUT2D eigenvalue weighted by Gasteiger charge is -2.29. The van der Waals surface area contributed by atoms with Crippen LogP contribution in [0.5, 0.6) is 0 Å². The molecule has 0 saturated heterocycles. The van der Waals surface area contributed by atoms with Gasteiger partial charge in [0, 0.05) is 5.56 Å². The van der Waals surface area contributed by atoms with Gasteiger partial charge in [-0.25, -0.2) is 13.6 Å². The summed E-state index contributed by atoms with van der Waals surface area (Å²) in [4.78, 5) is 14.4. The number of hydrogen-bond donors (Lipinski definition) is 2. The molecule has 1 rings (SSSR count). The van der Waals surface area contributed by atoms with E-state index in [9.17, 15) is 13.2 Å². The zero-order valence-corrected chi connectivity index (χ0v) is 14.2. The molecule has 0 saturated carbocycles. The van der Waals surface area contributed by atoms with Gasteiger partial charge >= 0.3 is 0 Å². The Kier molecular flexibility index (Phi) is 6.99. The molecule has 1 unspecified atom stereocenters. The molecule has 1 atom stereocenters. The SMILES string of the molecule is CCCN(CCC)C(C)NC(=O)c1ccc(S(N)(=O)=O)cc1. The van der Waals surface area contributed by atoms with Crippen molar-refractivity contribution in [3.8, 4) is 0 Å². The molecule has 22 heavy (non-hydrogen) atoms. The summed E-state index contributed by atoms with van der Waals surface area (Å²) in [5, 5.41) is 7.97. The summed E-state index contributed by atoms with van der Waals surface area (Å²) in [6, 6.07) is 5.60. The van der Waals surface area contributed by atoms with E-state index in [0.29, 0.717) is 5.56 Å². The first-order valence-corrected chi connectivity index (χ1v) is 9.02. The predicted octanol–water partition coefficient (Wildman–Crippen LogP) is 1.53. The number of carbonyl (C=O) groups excluding carboxylic acids is 1. The van der Waals surface area contributed by atoms with Crippen molar-refractivity contribution in [1.29, 1.82) is 0 Å². The zero-order valence-electron chi connectivity index (χ0n) is 13.4. The summed E-state index contributed by atoms with van der Waals surface area (Å²) >= 11 is 0. The van der Waals surface area contributed by atoms with Crippen molar-refractivity contribution in [2.24, 2.45) is 5.14 Å². The molecule has 0 spiro atoms. The maximum atomic E-state index is 12.2. The number of nitrogens with one attached hydrogen (secondary N) is 1. The molecule has 0 radical (unpaired) electrons. The van der Waals surface area contributed by atoms with Crippen molar-refractivity contribution in [3.05, 3.63) is 29.8 Å². The van der Waals surface area contributed by atoms with E-state index in [1.54, 1.807) is 0 Å². The highest BCUT2D eigenvalue weighted by molar-refractivity contribution is 7.89. The monoisotopic (exact) mass is 327 g/mol. The summed E-state index contributed by atoms with van der Waals surface area (Å²) in [5.74, 6) is -0.231. The first-order valence-electron chi connectivity index (χ1n) is 7.47. The lowest BCUT2D eigenvalue weighted by Crippen LogP contribution is -2.46. The van der Waals surface area contributed by atoms with Crippen molar-refractivity contribution in [3.63, 3.8) is 0 Å². The maximum absolute atomic E-state index is 12.2. The Bertz CT molecular complexity index is 579. The van der Waals surface area contributed by atoms with Crippen LogP contribution < -0.4 is 10.5 Å². The molecule has 1 aromatic rings. The molecule has 1 aromatic carbocycles. The van der Waals surface area contributed by atoms with Crippen LogP contribution in [0.3, 0.4) is 0 Å². The summed E-state index contributed by atoms with van der Waals surface area (Å²) in [6.07, 6.45) is 1.96. The fraction of sp³-hybridized carbons (Fsp3) is 0.533. The number of benzene rings is 1. The number of carbonyl (C=O) groups is 1. The predicted molar refractivity (Wildman–Crippen MR) is 86.9 cm³/mol. The van der Waals surface area contributed by atoms with Gasteiger partial charge in [-0.05, 0) is 57.1 Å². The van der Waals surface area contributed by atoms with Crippen LogP contribution in [-0.2, 0) is 10.0 Å². The number of rotatable bonds is 8. The quantitative estimate of drug-likeness (QED) is 0.708. The Morgan fingerprint density at radius 2 is 1.68 bits per heavy atom. The molecule has 0 aliphatic carbocycles. The van der Waals surface area contributed by atoms with Crippen molar-refractivity contribution in [2.75, 3.05) is 13.1 Å². The summed E-state index contributed by atoms with van der Waals surface area (Å²) < 4.78 is 22.4. The van der Waals surface area contributed by atoms with Crippen molar-refractivity contribution in [2.45, 2.75) is 44.7 Å².